The number of nitrogens with one attached hydrogen (secondary N) is 1. The van der Waals surface area contributed by atoms with E-state index in [0.29, 0.717) is 5.69 Å². The van der Waals surface area contributed by atoms with Gasteiger partial charge in [-0.1, -0.05) is 11.2 Å². The van der Waals surface area contributed by atoms with Crippen LogP contribution >= 0.6 is 11.7 Å². The van der Waals surface area contributed by atoms with Crippen molar-refractivity contribution in [2.75, 3.05) is 0 Å². The molecule has 0 radical (unpaired) electrons. The first-order valence-corrected chi connectivity index (χ1v) is 8.32. The van der Waals surface area contributed by atoms with Crippen LogP contribution in [-0.2, 0) is 16.6 Å². The van der Waals surface area contributed by atoms with Gasteiger partial charge in [-0.15, -0.1) is 0 Å². The molecule has 9 heteroatoms. The number of hydrogen-bond donors (Lipinski definition) is 1. The second kappa shape index (κ2) is 5.17. The van der Waals surface area contributed by atoms with Gasteiger partial charge in [-0.2, -0.15) is 8.75 Å². The smallest absolute Gasteiger partial charge is 0.246 e. The topological polar surface area (TPSA) is 98.0 Å². The van der Waals surface area contributed by atoms with E-state index in [-0.39, 0.29) is 17.2 Å². The van der Waals surface area contributed by atoms with Crippen molar-refractivity contribution < 1.29 is 12.9 Å². The third kappa shape index (κ3) is 2.67. The van der Waals surface area contributed by atoms with Crippen molar-refractivity contribution >= 4 is 32.8 Å². The van der Waals surface area contributed by atoms with Crippen molar-refractivity contribution in [3.05, 3.63) is 35.2 Å². The fourth-order valence-electron chi connectivity index (χ4n) is 2.05. The zero-order chi connectivity index (χ0) is 15.0. The molecular weight excluding hydrogens is 312 g/mol. The SMILES string of the molecule is Cc1noc(C)c1S(=O)(=O)NCc1ccc2nsnc2c1. The molecule has 2 heterocycles. The molecule has 1 N–H and O–H groups in total. The molecule has 0 fully saturated rings. The average Bonchev–Trinajstić information content (AvgIpc) is 3.02. The fraction of sp³-hybridized carbons (Fsp3) is 0.250. The fourth-order valence-corrected chi connectivity index (χ4v) is 3.91. The van der Waals surface area contributed by atoms with Crippen LogP contribution in [0.5, 0.6) is 0 Å². The summed E-state index contributed by atoms with van der Waals surface area (Å²) in [4.78, 5) is 0.0962. The zero-order valence-electron chi connectivity index (χ0n) is 11.3. The zero-order valence-corrected chi connectivity index (χ0v) is 13.0. The van der Waals surface area contributed by atoms with Crippen molar-refractivity contribution in [1.29, 1.82) is 0 Å². The Balaban J connectivity index is 1.83. The molecule has 7 nitrogen and oxygen atoms in total. The van der Waals surface area contributed by atoms with Crippen LogP contribution in [0.1, 0.15) is 17.0 Å². The lowest BCUT2D eigenvalue weighted by Crippen LogP contribution is -2.24. The van der Waals surface area contributed by atoms with E-state index in [1.54, 1.807) is 13.8 Å². The lowest BCUT2D eigenvalue weighted by molar-refractivity contribution is 0.390. The summed E-state index contributed by atoms with van der Waals surface area (Å²) in [6, 6.07) is 5.45. The quantitative estimate of drug-likeness (QED) is 0.785. The standard InChI is InChI=1S/C12H12N4O3S2/c1-7-12(8(2)19-14-7)21(17,18)13-6-9-3-4-10-11(5-9)16-20-15-10/h3-5,13H,6H2,1-2H3. The number of hydrogen-bond acceptors (Lipinski definition) is 7. The minimum absolute atomic E-state index is 0.0962. The highest BCUT2D eigenvalue weighted by molar-refractivity contribution is 7.89. The Morgan fingerprint density at radius 1 is 1.24 bits per heavy atom. The molecule has 3 aromatic rings. The van der Waals surface area contributed by atoms with Gasteiger partial charge in [-0.05, 0) is 31.5 Å². The Labute approximate surface area is 125 Å². The highest BCUT2D eigenvalue weighted by Gasteiger charge is 2.23. The average molecular weight is 324 g/mol. The second-order valence-electron chi connectivity index (χ2n) is 4.57. The van der Waals surface area contributed by atoms with Crippen molar-refractivity contribution in [2.45, 2.75) is 25.3 Å². The summed E-state index contributed by atoms with van der Waals surface area (Å²) < 4.78 is 40.2. The van der Waals surface area contributed by atoms with E-state index >= 15 is 0 Å². The molecule has 0 aliphatic carbocycles. The number of rotatable bonds is 4. The predicted molar refractivity (Wildman–Crippen MR) is 77.4 cm³/mol. The van der Waals surface area contributed by atoms with Gasteiger partial charge in [0.25, 0.3) is 0 Å². The first-order chi connectivity index (χ1) is 9.97. The van der Waals surface area contributed by atoms with Crippen molar-refractivity contribution in [3.8, 4) is 0 Å². The van der Waals surface area contributed by atoms with Crippen LogP contribution < -0.4 is 4.72 Å². The van der Waals surface area contributed by atoms with E-state index in [9.17, 15) is 8.42 Å². The van der Waals surface area contributed by atoms with Crippen molar-refractivity contribution in [3.63, 3.8) is 0 Å². The van der Waals surface area contributed by atoms with E-state index in [1.807, 2.05) is 18.2 Å². The Hall–Kier alpha value is -1.84. The van der Waals surface area contributed by atoms with Crippen LogP contribution in [0.4, 0.5) is 0 Å². The molecule has 1 aromatic carbocycles. The van der Waals surface area contributed by atoms with Gasteiger partial charge in [-0.25, -0.2) is 13.1 Å². The van der Waals surface area contributed by atoms with Gasteiger partial charge in [0.1, 0.15) is 21.6 Å². The van der Waals surface area contributed by atoms with E-state index < -0.39 is 10.0 Å². The molecule has 110 valence electrons. The van der Waals surface area contributed by atoms with Crippen LogP contribution in [-0.4, -0.2) is 22.3 Å². The maximum atomic E-state index is 12.3. The molecule has 0 bridgehead atoms. The van der Waals surface area contributed by atoms with E-state index in [4.69, 9.17) is 4.52 Å². The van der Waals surface area contributed by atoms with Crippen molar-refractivity contribution in [2.24, 2.45) is 0 Å². The summed E-state index contributed by atoms with van der Waals surface area (Å²) in [7, 11) is -3.66. The lowest BCUT2D eigenvalue weighted by Gasteiger charge is -2.06. The monoisotopic (exact) mass is 324 g/mol. The Morgan fingerprint density at radius 2 is 2.00 bits per heavy atom. The molecule has 0 unspecified atom stereocenters. The van der Waals surface area contributed by atoms with Gasteiger partial charge in [0.2, 0.25) is 10.0 Å². The van der Waals surface area contributed by atoms with Crippen LogP contribution in [0, 0.1) is 13.8 Å². The molecule has 0 amide bonds. The third-order valence-electron chi connectivity index (χ3n) is 3.02. The second-order valence-corrected chi connectivity index (χ2v) is 6.80. The molecule has 2 aromatic heterocycles. The number of benzene rings is 1. The summed E-state index contributed by atoms with van der Waals surface area (Å²) in [6.07, 6.45) is 0. The molecule has 0 aliphatic rings. The van der Waals surface area contributed by atoms with Crippen LogP contribution in [0.15, 0.2) is 27.6 Å². The Morgan fingerprint density at radius 3 is 2.71 bits per heavy atom. The normalized spacial score (nSPS) is 12.1. The van der Waals surface area contributed by atoms with Crippen LogP contribution in [0.2, 0.25) is 0 Å². The third-order valence-corrected chi connectivity index (χ3v) is 5.22. The minimum Gasteiger partial charge on any atom is -0.360 e. The van der Waals surface area contributed by atoms with E-state index in [2.05, 4.69) is 18.6 Å². The van der Waals surface area contributed by atoms with Gasteiger partial charge in [-0.3, -0.25) is 0 Å². The Kier molecular flexibility index (Phi) is 3.47. The van der Waals surface area contributed by atoms with Gasteiger partial charge in [0.05, 0.1) is 11.7 Å². The largest absolute Gasteiger partial charge is 0.360 e. The molecule has 0 spiro atoms. The lowest BCUT2D eigenvalue weighted by atomic mass is 10.2. The summed E-state index contributed by atoms with van der Waals surface area (Å²) in [5.74, 6) is 0.277. The minimum atomic E-state index is -3.66. The summed E-state index contributed by atoms with van der Waals surface area (Å²) in [5, 5.41) is 3.66. The molecule has 21 heavy (non-hydrogen) atoms. The maximum Gasteiger partial charge on any atom is 0.246 e. The summed E-state index contributed by atoms with van der Waals surface area (Å²) in [6.45, 7) is 3.33. The Bertz CT molecular complexity index is 879. The highest BCUT2D eigenvalue weighted by atomic mass is 32.2. The highest BCUT2D eigenvalue weighted by Crippen LogP contribution is 2.19. The van der Waals surface area contributed by atoms with Gasteiger partial charge in [0, 0.05) is 6.54 Å². The molecule has 3 rings (SSSR count). The molecule has 0 saturated heterocycles. The number of aryl methyl sites for hydroxylation is 2. The maximum absolute atomic E-state index is 12.3. The predicted octanol–water partition coefficient (Wildman–Crippen LogP) is 1.77. The molecule has 0 saturated carbocycles. The van der Waals surface area contributed by atoms with Crippen molar-refractivity contribution in [1.82, 2.24) is 18.6 Å². The molecule has 0 aliphatic heterocycles. The number of sulfonamides is 1. The summed E-state index contributed by atoms with van der Waals surface area (Å²) in [5.41, 5.74) is 2.72. The van der Waals surface area contributed by atoms with Crippen LogP contribution in [0.25, 0.3) is 11.0 Å². The first kappa shape index (κ1) is 14.1. The van der Waals surface area contributed by atoms with E-state index in [1.165, 1.54) is 0 Å². The van der Waals surface area contributed by atoms with E-state index in [0.717, 1.165) is 28.3 Å². The number of aromatic nitrogens is 3. The van der Waals surface area contributed by atoms with Gasteiger partial charge < -0.3 is 4.52 Å². The summed E-state index contributed by atoms with van der Waals surface area (Å²) >= 11 is 1.13. The number of nitrogens with zero attached hydrogens (tertiary/aromatic N) is 3. The molecular formula is C12H12N4O3S2. The van der Waals surface area contributed by atoms with Gasteiger partial charge >= 0.3 is 0 Å². The molecule has 0 atom stereocenters. The number of fused-ring (bicyclic) bond motifs is 1. The van der Waals surface area contributed by atoms with Crippen LogP contribution in [0.3, 0.4) is 0 Å². The van der Waals surface area contributed by atoms with Gasteiger partial charge in [0.15, 0.2) is 5.76 Å². The first-order valence-electron chi connectivity index (χ1n) is 6.11.